The number of aliphatic hydroxyl groups is 1. The van der Waals surface area contributed by atoms with Crippen LogP contribution in [-0.2, 0) is 32.2 Å². The number of anilines is 1. The van der Waals surface area contributed by atoms with E-state index < -0.39 is 12.3 Å². The Morgan fingerprint density at radius 1 is 0.897 bits per heavy atom. The summed E-state index contributed by atoms with van der Waals surface area (Å²) >= 11 is 0. The summed E-state index contributed by atoms with van der Waals surface area (Å²) in [6, 6.07) is 25.5. The number of amides is 1. The van der Waals surface area contributed by atoms with Gasteiger partial charge in [0.05, 0.1) is 18.8 Å². The minimum atomic E-state index is -0.910. The van der Waals surface area contributed by atoms with Gasteiger partial charge in [0.15, 0.2) is 6.29 Å². The first-order valence-corrected chi connectivity index (χ1v) is 13.2. The average molecular weight is 533 g/mol. The van der Waals surface area contributed by atoms with Crippen molar-refractivity contribution in [2.24, 2.45) is 0 Å². The highest BCUT2D eigenvalue weighted by atomic mass is 16.7. The van der Waals surface area contributed by atoms with E-state index in [9.17, 15) is 14.7 Å². The van der Waals surface area contributed by atoms with Crippen LogP contribution in [0.2, 0.25) is 0 Å². The van der Waals surface area contributed by atoms with E-state index >= 15 is 0 Å². The quantitative estimate of drug-likeness (QED) is 0.300. The van der Waals surface area contributed by atoms with Crippen LogP contribution < -0.4 is 5.32 Å². The minimum absolute atomic E-state index is 0.00705. The number of hydrogen-bond acceptors (Lipinski definition) is 6. The molecule has 8 nitrogen and oxygen atoms in total. The fourth-order valence-corrected chi connectivity index (χ4v) is 4.69. The molecule has 1 aliphatic rings. The van der Waals surface area contributed by atoms with Crippen LogP contribution in [0.3, 0.4) is 0 Å². The molecule has 3 aromatic carbocycles. The summed E-state index contributed by atoms with van der Waals surface area (Å²) in [5.41, 5.74) is 4.58. The molecule has 0 saturated carbocycles. The number of benzene rings is 3. The van der Waals surface area contributed by atoms with Gasteiger partial charge < -0.3 is 25.0 Å². The number of rotatable bonds is 12. The van der Waals surface area contributed by atoms with E-state index in [1.54, 1.807) is 12.1 Å². The second-order valence-corrected chi connectivity index (χ2v) is 9.95. The van der Waals surface area contributed by atoms with Gasteiger partial charge in [-0.05, 0) is 42.3 Å². The van der Waals surface area contributed by atoms with Crippen LogP contribution in [0, 0.1) is 0 Å². The summed E-state index contributed by atoms with van der Waals surface area (Å²) in [6.07, 6.45) is 0.264. The van der Waals surface area contributed by atoms with Crippen molar-refractivity contribution in [2.45, 2.75) is 57.3 Å². The van der Waals surface area contributed by atoms with E-state index in [1.807, 2.05) is 54.6 Å². The number of ether oxygens (including phenoxy) is 2. The van der Waals surface area contributed by atoms with Crippen LogP contribution in [0.15, 0.2) is 78.9 Å². The van der Waals surface area contributed by atoms with Crippen molar-refractivity contribution in [3.8, 4) is 0 Å². The predicted molar refractivity (Wildman–Crippen MR) is 148 cm³/mol. The number of likely N-dealkylation sites (N-methyl/N-ethyl adjacent to an activating group) is 1. The van der Waals surface area contributed by atoms with Crippen molar-refractivity contribution in [2.75, 3.05) is 18.9 Å². The van der Waals surface area contributed by atoms with Crippen molar-refractivity contribution < 1.29 is 29.3 Å². The smallest absolute Gasteiger partial charge is 0.303 e. The molecule has 0 radical (unpaired) electrons. The second-order valence-electron chi connectivity index (χ2n) is 9.95. The van der Waals surface area contributed by atoms with Crippen molar-refractivity contribution in [3.63, 3.8) is 0 Å². The van der Waals surface area contributed by atoms with Gasteiger partial charge in [-0.25, -0.2) is 0 Å². The van der Waals surface area contributed by atoms with E-state index in [2.05, 4.69) is 29.4 Å². The Balaban J connectivity index is 1.44. The summed E-state index contributed by atoms with van der Waals surface area (Å²) in [7, 11) is 2.08. The van der Waals surface area contributed by atoms with Gasteiger partial charge in [-0.3, -0.25) is 14.5 Å². The van der Waals surface area contributed by atoms with Crippen LogP contribution in [0.1, 0.15) is 60.3 Å². The zero-order valence-corrected chi connectivity index (χ0v) is 22.2. The molecule has 3 aromatic rings. The highest BCUT2D eigenvalue weighted by Gasteiger charge is 2.32. The predicted octanol–water partition coefficient (Wildman–Crippen LogP) is 5.05. The number of aliphatic carboxylic acids is 1. The van der Waals surface area contributed by atoms with Gasteiger partial charge in [0, 0.05) is 43.6 Å². The van der Waals surface area contributed by atoms with E-state index in [1.165, 1.54) is 5.56 Å². The summed E-state index contributed by atoms with van der Waals surface area (Å²) < 4.78 is 12.8. The third-order valence-corrected chi connectivity index (χ3v) is 6.69. The van der Waals surface area contributed by atoms with E-state index in [0.717, 1.165) is 29.8 Å². The normalized spacial score (nSPS) is 19.1. The first kappa shape index (κ1) is 28.4. The van der Waals surface area contributed by atoms with Crippen LogP contribution in [0.4, 0.5) is 5.69 Å². The molecule has 0 aliphatic carbocycles. The maximum absolute atomic E-state index is 12.1. The van der Waals surface area contributed by atoms with Crippen molar-refractivity contribution in [1.29, 1.82) is 0 Å². The number of hydrogen-bond donors (Lipinski definition) is 3. The first-order chi connectivity index (χ1) is 18.9. The molecule has 0 bridgehead atoms. The van der Waals surface area contributed by atoms with Gasteiger partial charge in [0.2, 0.25) is 5.91 Å². The monoisotopic (exact) mass is 532 g/mol. The lowest BCUT2D eigenvalue weighted by molar-refractivity contribution is -0.252. The molecule has 1 amide bonds. The third-order valence-electron chi connectivity index (χ3n) is 6.69. The molecule has 3 atom stereocenters. The zero-order valence-electron chi connectivity index (χ0n) is 22.2. The van der Waals surface area contributed by atoms with Crippen LogP contribution in [-0.4, -0.2) is 46.7 Å². The van der Waals surface area contributed by atoms with Gasteiger partial charge in [0.25, 0.3) is 0 Å². The lowest BCUT2D eigenvalue weighted by Gasteiger charge is -2.38. The van der Waals surface area contributed by atoms with Crippen molar-refractivity contribution in [1.82, 2.24) is 4.90 Å². The van der Waals surface area contributed by atoms with Crippen molar-refractivity contribution >= 4 is 17.6 Å². The number of carboxylic acid groups (broad SMARTS) is 1. The highest BCUT2D eigenvalue weighted by molar-refractivity contribution is 5.90. The topological polar surface area (TPSA) is 108 Å². The van der Waals surface area contributed by atoms with Crippen molar-refractivity contribution in [3.05, 3.63) is 101 Å². The Labute approximate surface area is 229 Å². The highest BCUT2D eigenvalue weighted by Crippen LogP contribution is 2.38. The molecule has 206 valence electrons. The molecule has 3 unspecified atom stereocenters. The Kier molecular flexibility index (Phi) is 10.2. The molecule has 1 heterocycles. The average Bonchev–Trinajstić information content (AvgIpc) is 2.93. The number of carbonyl (C=O) groups is 2. The van der Waals surface area contributed by atoms with Gasteiger partial charge in [-0.1, -0.05) is 66.7 Å². The van der Waals surface area contributed by atoms with Gasteiger partial charge >= 0.3 is 5.97 Å². The Bertz CT molecular complexity index is 1200. The summed E-state index contributed by atoms with van der Waals surface area (Å²) in [5, 5.41) is 21.0. The molecule has 0 aromatic heterocycles. The first-order valence-electron chi connectivity index (χ1n) is 13.2. The minimum Gasteiger partial charge on any atom is -0.481 e. The SMILES string of the molecule is CN(Cc1ccccc1)CC1CC(c2ccc(CO)cc2)OC(c2ccc(NC(=O)CCCC(=O)O)cc2)O1. The van der Waals surface area contributed by atoms with Gasteiger partial charge in [0.1, 0.15) is 0 Å². The van der Waals surface area contributed by atoms with Crippen LogP contribution >= 0.6 is 0 Å². The second kappa shape index (κ2) is 14.0. The number of nitrogens with zero attached hydrogens (tertiary/aromatic N) is 1. The third kappa shape index (κ3) is 8.73. The lowest BCUT2D eigenvalue weighted by Crippen LogP contribution is -2.37. The van der Waals surface area contributed by atoms with Gasteiger partial charge in [-0.15, -0.1) is 0 Å². The number of nitrogens with one attached hydrogen (secondary N) is 1. The Morgan fingerprint density at radius 2 is 1.59 bits per heavy atom. The summed E-state index contributed by atoms with van der Waals surface area (Å²) in [6.45, 7) is 1.53. The standard InChI is InChI=1S/C31H36N2O6/c1-33(19-22-6-3-2-4-7-22)20-27-18-28(24-12-10-23(21-34)11-13-24)39-31(38-27)25-14-16-26(17-15-25)32-29(35)8-5-9-30(36)37/h2-4,6-7,10-17,27-28,31,34H,5,8-9,18-21H2,1H3,(H,32,35)(H,36,37). The molecule has 8 heteroatoms. The maximum Gasteiger partial charge on any atom is 0.303 e. The fourth-order valence-electron chi connectivity index (χ4n) is 4.69. The molecular formula is C31H36N2O6. The molecule has 1 fully saturated rings. The molecule has 39 heavy (non-hydrogen) atoms. The van der Waals surface area contributed by atoms with Gasteiger partial charge in [-0.2, -0.15) is 0 Å². The molecule has 4 rings (SSSR count). The number of carbonyl (C=O) groups excluding carboxylic acids is 1. The Hall–Kier alpha value is -3.56. The van der Waals surface area contributed by atoms with Crippen LogP contribution in [0.25, 0.3) is 0 Å². The zero-order chi connectivity index (χ0) is 27.6. The number of carboxylic acids is 1. The lowest BCUT2D eigenvalue weighted by atomic mass is 9.99. The van der Waals surface area contributed by atoms with E-state index in [0.29, 0.717) is 18.5 Å². The largest absolute Gasteiger partial charge is 0.481 e. The molecular weight excluding hydrogens is 496 g/mol. The summed E-state index contributed by atoms with van der Waals surface area (Å²) in [5.74, 6) is -1.13. The Morgan fingerprint density at radius 3 is 2.26 bits per heavy atom. The maximum atomic E-state index is 12.1. The van der Waals surface area contributed by atoms with E-state index in [-0.39, 0.29) is 37.6 Å². The van der Waals surface area contributed by atoms with Crippen LogP contribution in [0.5, 0.6) is 0 Å². The molecule has 3 N–H and O–H groups in total. The fraction of sp³-hybridized carbons (Fsp3) is 0.355. The van der Waals surface area contributed by atoms with E-state index in [4.69, 9.17) is 14.6 Å². The molecule has 1 aliphatic heterocycles. The molecule has 0 spiro atoms. The number of aliphatic hydroxyl groups excluding tert-OH is 1. The molecule has 1 saturated heterocycles. The summed E-state index contributed by atoms with van der Waals surface area (Å²) in [4.78, 5) is 25.0.